The molecule has 1 aliphatic heterocycles. The minimum atomic E-state index is -0.151. The topological polar surface area (TPSA) is 59.6 Å². The lowest BCUT2D eigenvalue weighted by molar-refractivity contribution is 0.171. The van der Waals surface area contributed by atoms with Gasteiger partial charge < -0.3 is 20.1 Å². The van der Waals surface area contributed by atoms with E-state index in [0.29, 0.717) is 13.2 Å². The highest BCUT2D eigenvalue weighted by Gasteiger charge is 2.16. The van der Waals surface area contributed by atoms with Crippen LogP contribution in [0.15, 0.2) is 18.2 Å². The van der Waals surface area contributed by atoms with Crippen LogP contribution in [-0.4, -0.2) is 25.3 Å². The number of rotatable bonds is 4. The van der Waals surface area contributed by atoms with Gasteiger partial charge in [0.1, 0.15) is 13.2 Å². The monoisotopic (exact) mass is 278 g/mol. The lowest BCUT2D eigenvalue weighted by atomic mass is 10.1. The van der Waals surface area contributed by atoms with Crippen molar-refractivity contribution in [1.29, 1.82) is 0 Å². The van der Waals surface area contributed by atoms with Gasteiger partial charge in [-0.25, -0.2) is 4.79 Å². The summed E-state index contributed by atoms with van der Waals surface area (Å²) in [5.41, 5.74) is 0.994. The Labute approximate surface area is 119 Å². The zero-order chi connectivity index (χ0) is 14.5. The fourth-order valence-electron chi connectivity index (χ4n) is 1.98. The third-order valence-electron chi connectivity index (χ3n) is 3.40. The van der Waals surface area contributed by atoms with E-state index < -0.39 is 0 Å². The Kier molecular flexibility index (Phi) is 4.71. The number of hydrogen-bond donors (Lipinski definition) is 2. The minimum absolute atomic E-state index is 0.0881. The second-order valence-electron chi connectivity index (χ2n) is 5.05. The fraction of sp³-hybridized carbons (Fsp3) is 0.533. The molecule has 2 N–H and O–H groups in total. The molecule has 0 bridgehead atoms. The van der Waals surface area contributed by atoms with Crippen molar-refractivity contribution in [2.24, 2.45) is 0 Å². The first-order valence-electron chi connectivity index (χ1n) is 7.06. The van der Waals surface area contributed by atoms with Crippen LogP contribution in [0.2, 0.25) is 0 Å². The Bertz CT molecular complexity index is 476. The molecule has 2 amide bonds. The van der Waals surface area contributed by atoms with Gasteiger partial charge in [0, 0.05) is 6.04 Å². The van der Waals surface area contributed by atoms with Crippen molar-refractivity contribution in [3.05, 3.63) is 23.8 Å². The van der Waals surface area contributed by atoms with Gasteiger partial charge in [0.25, 0.3) is 0 Å². The Morgan fingerprint density at radius 2 is 1.90 bits per heavy atom. The lowest BCUT2D eigenvalue weighted by Gasteiger charge is -2.21. The highest BCUT2D eigenvalue weighted by molar-refractivity contribution is 5.74. The summed E-state index contributed by atoms with van der Waals surface area (Å²) in [4.78, 5) is 11.8. The SMILES string of the molecule is CC[C@@H](C)NC(=O)N[C@@H](C)c1ccc2c(c1)OCCO2. The van der Waals surface area contributed by atoms with E-state index in [1.165, 1.54) is 0 Å². The van der Waals surface area contributed by atoms with E-state index in [0.717, 1.165) is 23.5 Å². The number of amides is 2. The normalized spacial score (nSPS) is 16.1. The Morgan fingerprint density at radius 3 is 2.60 bits per heavy atom. The highest BCUT2D eigenvalue weighted by Crippen LogP contribution is 2.32. The number of urea groups is 1. The van der Waals surface area contributed by atoms with Gasteiger partial charge in [-0.15, -0.1) is 0 Å². The van der Waals surface area contributed by atoms with E-state index >= 15 is 0 Å². The van der Waals surface area contributed by atoms with Crippen molar-refractivity contribution in [1.82, 2.24) is 10.6 Å². The Balaban J connectivity index is 1.98. The number of carbonyl (C=O) groups is 1. The average Bonchev–Trinajstić information content (AvgIpc) is 2.46. The molecule has 0 radical (unpaired) electrons. The summed E-state index contributed by atoms with van der Waals surface area (Å²) in [7, 11) is 0. The van der Waals surface area contributed by atoms with Gasteiger partial charge in [-0.1, -0.05) is 13.0 Å². The highest BCUT2D eigenvalue weighted by atomic mass is 16.6. The van der Waals surface area contributed by atoms with Crippen LogP contribution < -0.4 is 20.1 Å². The van der Waals surface area contributed by atoms with Gasteiger partial charge in [0.05, 0.1) is 6.04 Å². The summed E-state index contributed by atoms with van der Waals surface area (Å²) in [5, 5.41) is 5.81. The maximum atomic E-state index is 11.8. The lowest BCUT2D eigenvalue weighted by Crippen LogP contribution is -2.41. The summed E-state index contributed by atoms with van der Waals surface area (Å²) >= 11 is 0. The fourth-order valence-corrected chi connectivity index (χ4v) is 1.98. The van der Waals surface area contributed by atoms with Crippen LogP contribution in [0, 0.1) is 0 Å². The van der Waals surface area contributed by atoms with Gasteiger partial charge in [-0.3, -0.25) is 0 Å². The van der Waals surface area contributed by atoms with Crippen LogP contribution in [-0.2, 0) is 0 Å². The van der Waals surface area contributed by atoms with Gasteiger partial charge in [-0.05, 0) is 38.0 Å². The molecule has 0 aromatic heterocycles. The second kappa shape index (κ2) is 6.50. The van der Waals surface area contributed by atoms with Crippen molar-refractivity contribution < 1.29 is 14.3 Å². The first-order valence-corrected chi connectivity index (χ1v) is 7.06. The molecule has 5 nitrogen and oxygen atoms in total. The van der Waals surface area contributed by atoms with E-state index in [9.17, 15) is 4.79 Å². The number of benzene rings is 1. The molecule has 2 rings (SSSR count). The molecule has 0 aliphatic carbocycles. The third-order valence-corrected chi connectivity index (χ3v) is 3.40. The number of fused-ring (bicyclic) bond motifs is 1. The Morgan fingerprint density at radius 1 is 1.20 bits per heavy atom. The van der Waals surface area contributed by atoms with E-state index in [1.54, 1.807) is 0 Å². The predicted octanol–water partition coefficient (Wildman–Crippen LogP) is 2.62. The standard InChI is InChI=1S/C15H22N2O3/c1-4-10(2)16-15(18)17-11(3)12-5-6-13-14(9-12)20-8-7-19-13/h5-6,9-11H,4,7-8H2,1-3H3,(H2,16,17,18)/t10-,11+/m1/s1. The predicted molar refractivity (Wildman–Crippen MR) is 77.3 cm³/mol. The second-order valence-corrected chi connectivity index (χ2v) is 5.05. The van der Waals surface area contributed by atoms with E-state index in [2.05, 4.69) is 10.6 Å². The molecule has 2 atom stereocenters. The summed E-state index contributed by atoms with van der Waals surface area (Å²) < 4.78 is 11.0. The number of hydrogen-bond acceptors (Lipinski definition) is 3. The summed E-state index contributed by atoms with van der Waals surface area (Å²) in [6.07, 6.45) is 0.909. The molecule has 5 heteroatoms. The number of carbonyl (C=O) groups excluding carboxylic acids is 1. The minimum Gasteiger partial charge on any atom is -0.486 e. The van der Waals surface area contributed by atoms with Crippen LogP contribution in [0.4, 0.5) is 4.79 Å². The molecular weight excluding hydrogens is 256 g/mol. The molecule has 20 heavy (non-hydrogen) atoms. The van der Waals surface area contributed by atoms with Gasteiger partial charge in [0.15, 0.2) is 11.5 Å². The average molecular weight is 278 g/mol. The molecule has 1 aromatic rings. The van der Waals surface area contributed by atoms with Crippen LogP contribution in [0.1, 0.15) is 38.8 Å². The van der Waals surface area contributed by atoms with Gasteiger partial charge in [-0.2, -0.15) is 0 Å². The van der Waals surface area contributed by atoms with Crippen molar-refractivity contribution in [2.75, 3.05) is 13.2 Å². The summed E-state index contributed by atoms with van der Waals surface area (Å²) in [6, 6.07) is 5.68. The smallest absolute Gasteiger partial charge is 0.315 e. The van der Waals surface area contributed by atoms with Gasteiger partial charge in [0.2, 0.25) is 0 Å². The molecule has 0 saturated carbocycles. The summed E-state index contributed by atoms with van der Waals surface area (Å²) in [6.45, 7) is 7.11. The first-order chi connectivity index (χ1) is 9.60. The zero-order valence-corrected chi connectivity index (χ0v) is 12.2. The van der Waals surface area contributed by atoms with Crippen molar-refractivity contribution in [3.8, 4) is 11.5 Å². The van der Waals surface area contributed by atoms with Crippen LogP contribution in [0.5, 0.6) is 11.5 Å². The maximum absolute atomic E-state index is 11.8. The largest absolute Gasteiger partial charge is 0.486 e. The van der Waals surface area contributed by atoms with E-state index in [4.69, 9.17) is 9.47 Å². The van der Waals surface area contributed by atoms with E-state index in [-0.39, 0.29) is 18.1 Å². The van der Waals surface area contributed by atoms with Crippen LogP contribution >= 0.6 is 0 Å². The van der Waals surface area contributed by atoms with Crippen LogP contribution in [0.25, 0.3) is 0 Å². The molecule has 0 fully saturated rings. The molecular formula is C15H22N2O3. The van der Waals surface area contributed by atoms with Crippen molar-refractivity contribution in [3.63, 3.8) is 0 Å². The third kappa shape index (κ3) is 3.56. The molecule has 1 aliphatic rings. The summed E-state index contributed by atoms with van der Waals surface area (Å²) in [5.74, 6) is 1.50. The first kappa shape index (κ1) is 14.5. The quantitative estimate of drug-likeness (QED) is 0.890. The van der Waals surface area contributed by atoms with Crippen molar-refractivity contribution >= 4 is 6.03 Å². The van der Waals surface area contributed by atoms with Crippen molar-refractivity contribution in [2.45, 2.75) is 39.3 Å². The van der Waals surface area contributed by atoms with Gasteiger partial charge >= 0.3 is 6.03 Å². The van der Waals surface area contributed by atoms with Crippen LogP contribution in [0.3, 0.4) is 0 Å². The zero-order valence-electron chi connectivity index (χ0n) is 12.2. The number of nitrogens with one attached hydrogen (secondary N) is 2. The molecule has 1 aromatic carbocycles. The molecule has 110 valence electrons. The maximum Gasteiger partial charge on any atom is 0.315 e. The molecule has 0 saturated heterocycles. The molecule has 1 heterocycles. The molecule has 0 spiro atoms. The molecule has 0 unspecified atom stereocenters. The Hall–Kier alpha value is -1.91. The number of ether oxygens (including phenoxy) is 2. The van der Waals surface area contributed by atoms with E-state index in [1.807, 2.05) is 39.0 Å².